The summed E-state index contributed by atoms with van der Waals surface area (Å²) in [5, 5.41) is 0. The van der Waals surface area contributed by atoms with Gasteiger partial charge in [-0.2, -0.15) is 0 Å². The van der Waals surface area contributed by atoms with E-state index in [1.54, 1.807) is 0 Å². The summed E-state index contributed by atoms with van der Waals surface area (Å²) in [5.74, 6) is 0.974. The predicted molar refractivity (Wildman–Crippen MR) is 98.9 cm³/mol. The smallest absolute Gasteiger partial charge is 0.220 e. The quantitative estimate of drug-likeness (QED) is 0.547. The van der Waals surface area contributed by atoms with E-state index >= 15 is 0 Å². The third-order valence-electron chi connectivity index (χ3n) is 7.51. The molecule has 0 heterocycles. The molecule has 3 rings (SSSR count). The van der Waals surface area contributed by atoms with Gasteiger partial charge < -0.3 is 4.74 Å². The number of ether oxygens (including phenoxy) is 1. The molecule has 3 heteroatoms. The molecule has 0 aromatic carbocycles. The Morgan fingerprint density at radius 1 is 1.16 bits per heavy atom. The van der Waals surface area contributed by atoms with Crippen LogP contribution in [0.3, 0.4) is 0 Å². The summed E-state index contributed by atoms with van der Waals surface area (Å²) in [5.41, 5.74) is 2.40. The van der Waals surface area contributed by atoms with Crippen molar-refractivity contribution >= 4 is 11.6 Å². The summed E-state index contributed by atoms with van der Waals surface area (Å²) in [4.78, 5) is 24.7. The number of hydrogen-bond donors (Lipinski definition) is 0. The molecule has 0 aliphatic heterocycles. The van der Waals surface area contributed by atoms with E-state index < -0.39 is 0 Å². The second-order valence-electron chi connectivity index (χ2n) is 8.67. The van der Waals surface area contributed by atoms with E-state index in [1.165, 1.54) is 44.1 Å². The van der Waals surface area contributed by atoms with Crippen molar-refractivity contribution in [3.05, 3.63) is 35.1 Å². The van der Waals surface area contributed by atoms with Crippen molar-refractivity contribution in [2.24, 2.45) is 22.7 Å². The SMILES string of the molecule is COC1=CC(=O)C(CC2(C)C(C)CCC3(C)C(C)=CCCC32)=CC1=O. The average molecular weight is 342 g/mol. The highest BCUT2D eigenvalue weighted by atomic mass is 16.5. The van der Waals surface area contributed by atoms with Gasteiger partial charge in [-0.05, 0) is 67.8 Å². The molecular weight excluding hydrogens is 312 g/mol. The number of fused-ring (bicyclic) bond motifs is 1. The third kappa shape index (κ3) is 2.82. The molecule has 0 aromatic rings. The van der Waals surface area contributed by atoms with Crippen LogP contribution in [0.4, 0.5) is 0 Å². The summed E-state index contributed by atoms with van der Waals surface area (Å²) in [6, 6.07) is 0. The lowest BCUT2D eigenvalue weighted by Crippen LogP contribution is -2.50. The van der Waals surface area contributed by atoms with Gasteiger partial charge in [0.1, 0.15) is 0 Å². The van der Waals surface area contributed by atoms with Crippen molar-refractivity contribution in [1.82, 2.24) is 0 Å². The third-order valence-corrected chi connectivity index (χ3v) is 7.51. The lowest BCUT2D eigenvalue weighted by atomic mass is 9.46. The van der Waals surface area contributed by atoms with E-state index in [-0.39, 0.29) is 28.2 Å². The second kappa shape index (κ2) is 6.26. The Kier molecular flexibility index (Phi) is 4.55. The molecule has 0 N–H and O–H groups in total. The first-order valence-corrected chi connectivity index (χ1v) is 9.44. The van der Waals surface area contributed by atoms with Crippen LogP contribution in [0.15, 0.2) is 35.1 Å². The summed E-state index contributed by atoms with van der Waals surface area (Å²) in [6.07, 6.45) is 10.6. The maximum atomic E-state index is 12.5. The Labute approximate surface area is 151 Å². The molecule has 0 radical (unpaired) electrons. The molecule has 3 nitrogen and oxygen atoms in total. The fourth-order valence-electron chi connectivity index (χ4n) is 5.50. The first kappa shape index (κ1) is 18.2. The van der Waals surface area contributed by atoms with Gasteiger partial charge in [-0.3, -0.25) is 9.59 Å². The van der Waals surface area contributed by atoms with Crippen LogP contribution in [0, 0.1) is 22.7 Å². The van der Waals surface area contributed by atoms with E-state index in [0.717, 1.165) is 6.42 Å². The van der Waals surface area contributed by atoms with Crippen LogP contribution in [0.5, 0.6) is 0 Å². The number of methoxy groups -OCH3 is 1. The molecule has 0 saturated heterocycles. The van der Waals surface area contributed by atoms with Crippen LogP contribution in [0.2, 0.25) is 0 Å². The lowest BCUT2D eigenvalue weighted by Gasteiger charge is -2.58. The molecule has 1 saturated carbocycles. The molecule has 0 spiro atoms. The van der Waals surface area contributed by atoms with Crippen molar-refractivity contribution in [3.8, 4) is 0 Å². The maximum absolute atomic E-state index is 12.5. The predicted octanol–water partition coefficient (Wildman–Crippen LogP) is 4.78. The van der Waals surface area contributed by atoms with Gasteiger partial charge in [-0.25, -0.2) is 0 Å². The highest BCUT2D eigenvalue weighted by molar-refractivity contribution is 6.19. The van der Waals surface area contributed by atoms with Gasteiger partial charge >= 0.3 is 0 Å². The second-order valence-corrected chi connectivity index (χ2v) is 8.67. The Morgan fingerprint density at radius 3 is 2.56 bits per heavy atom. The van der Waals surface area contributed by atoms with Crippen molar-refractivity contribution in [3.63, 3.8) is 0 Å². The number of carbonyl (C=O) groups excluding carboxylic acids is 2. The molecule has 0 bridgehead atoms. The Bertz CT molecular complexity index is 696. The molecule has 1 fully saturated rings. The minimum atomic E-state index is -0.188. The average Bonchev–Trinajstić information content (AvgIpc) is 2.57. The summed E-state index contributed by atoms with van der Waals surface area (Å²) < 4.78 is 5.01. The lowest BCUT2D eigenvalue weighted by molar-refractivity contribution is -0.118. The Balaban J connectivity index is 1.94. The monoisotopic (exact) mass is 342 g/mol. The first-order valence-electron chi connectivity index (χ1n) is 9.44. The number of allylic oxidation sites excluding steroid dienone is 5. The number of ketones is 2. The minimum absolute atomic E-state index is 0.0305. The van der Waals surface area contributed by atoms with Crippen LogP contribution in [0.25, 0.3) is 0 Å². The molecule has 4 unspecified atom stereocenters. The van der Waals surface area contributed by atoms with Gasteiger partial charge in [-0.15, -0.1) is 0 Å². The van der Waals surface area contributed by atoms with Crippen LogP contribution in [0.1, 0.15) is 59.8 Å². The number of carbonyl (C=O) groups is 2. The minimum Gasteiger partial charge on any atom is -0.493 e. The molecule has 136 valence electrons. The van der Waals surface area contributed by atoms with E-state index in [9.17, 15) is 9.59 Å². The molecule has 3 aliphatic carbocycles. The van der Waals surface area contributed by atoms with Crippen molar-refractivity contribution in [2.75, 3.05) is 7.11 Å². The summed E-state index contributed by atoms with van der Waals surface area (Å²) >= 11 is 0. The van der Waals surface area contributed by atoms with E-state index in [2.05, 4.69) is 33.8 Å². The van der Waals surface area contributed by atoms with Gasteiger partial charge in [0.2, 0.25) is 5.78 Å². The van der Waals surface area contributed by atoms with Crippen molar-refractivity contribution in [2.45, 2.75) is 59.8 Å². The van der Waals surface area contributed by atoms with Crippen LogP contribution >= 0.6 is 0 Å². The van der Waals surface area contributed by atoms with Crippen molar-refractivity contribution < 1.29 is 14.3 Å². The zero-order chi connectivity index (χ0) is 18.4. The summed E-state index contributed by atoms with van der Waals surface area (Å²) in [7, 11) is 1.43. The van der Waals surface area contributed by atoms with Crippen LogP contribution in [-0.2, 0) is 14.3 Å². The zero-order valence-corrected chi connectivity index (χ0v) is 16.1. The summed E-state index contributed by atoms with van der Waals surface area (Å²) in [6.45, 7) is 9.33. The van der Waals surface area contributed by atoms with Gasteiger partial charge in [0.15, 0.2) is 11.5 Å². The highest BCUT2D eigenvalue weighted by Gasteiger charge is 2.53. The van der Waals surface area contributed by atoms with E-state index in [4.69, 9.17) is 4.74 Å². The number of hydrogen-bond acceptors (Lipinski definition) is 3. The molecule has 0 aromatic heterocycles. The highest BCUT2D eigenvalue weighted by Crippen LogP contribution is 2.62. The first-order chi connectivity index (χ1) is 11.7. The van der Waals surface area contributed by atoms with Crippen LogP contribution in [-0.4, -0.2) is 18.7 Å². The standard InChI is InChI=1S/C22H30O3/c1-14-7-6-8-20-21(14,3)10-9-15(2)22(20,4)13-16-11-18(24)19(25-5)12-17(16)23/h7,11-12,15,20H,6,8-10,13H2,1-5H3. The molecule has 3 aliphatic rings. The fraction of sp³-hybridized carbons (Fsp3) is 0.636. The Hall–Kier alpha value is -1.64. The number of rotatable bonds is 3. The topological polar surface area (TPSA) is 43.4 Å². The van der Waals surface area contributed by atoms with Gasteiger partial charge in [0, 0.05) is 11.6 Å². The molecular formula is C22H30O3. The fourth-order valence-corrected chi connectivity index (χ4v) is 5.50. The van der Waals surface area contributed by atoms with Gasteiger partial charge in [0.25, 0.3) is 0 Å². The van der Waals surface area contributed by atoms with E-state index in [0.29, 0.717) is 23.8 Å². The molecule has 25 heavy (non-hydrogen) atoms. The van der Waals surface area contributed by atoms with Gasteiger partial charge in [-0.1, -0.05) is 32.4 Å². The Morgan fingerprint density at radius 2 is 1.88 bits per heavy atom. The maximum Gasteiger partial charge on any atom is 0.220 e. The molecule has 0 amide bonds. The van der Waals surface area contributed by atoms with Crippen molar-refractivity contribution in [1.29, 1.82) is 0 Å². The zero-order valence-electron chi connectivity index (χ0n) is 16.1. The largest absolute Gasteiger partial charge is 0.493 e. The van der Waals surface area contributed by atoms with Crippen LogP contribution < -0.4 is 0 Å². The molecule has 4 atom stereocenters. The van der Waals surface area contributed by atoms with E-state index in [1.807, 2.05) is 0 Å². The van der Waals surface area contributed by atoms with Gasteiger partial charge in [0.05, 0.1) is 7.11 Å². The normalized spacial score (nSPS) is 38.5.